The summed E-state index contributed by atoms with van der Waals surface area (Å²) in [5, 5.41) is 4.30. The molecule has 0 aliphatic heterocycles. The molecule has 0 bridgehead atoms. The largest absolute Gasteiger partial charge is 0.369 e. The Morgan fingerprint density at radius 1 is 1.10 bits per heavy atom. The Labute approximate surface area is 135 Å². The molecule has 0 radical (unpaired) electrons. The van der Waals surface area contributed by atoms with Crippen molar-refractivity contribution in [3.63, 3.8) is 0 Å². The van der Waals surface area contributed by atoms with Crippen LogP contribution in [0.4, 0.5) is 0 Å². The average molecular weight is 312 g/mol. The van der Waals surface area contributed by atoms with Gasteiger partial charge in [0, 0.05) is 17.1 Å². The predicted octanol–water partition coefficient (Wildman–Crippen LogP) is 5.22. The van der Waals surface area contributed by atoms with Crippen LogP contribution in [-0.2, 0) is 4.74 Å². The molecule has 2 nitrogen and oxygen atoms in total. The molecule has 0 saturated carbocycles. The summed E-state index contributed by atoms with van der Waals surface area (Å²) in [6.45, 7) is 13.9. The van der Waals surface area contributed by atoms with Crippen molar-refractivity contribution in [1.29, 1.82) is 0 Å². The number of ether oxygens (including phenoxy) is 1. The third kappa shape index (κ3) is 7.85. The van der Waals surface area contributed by atoms with Crippen molar-refractivity contribution in [3.8, 4) is 0 Å². The van der Waals surface area contributed by atoms with E-state index < -0.39 is 0 Å². The second kappa shape index (κ2) is 8.17. The lowest BCUT2D eigenvalue weighted by atomic mass is 10.0. The molecule has 1 aromatic rings. The van der Waals surface area contributed by atoms with Gasteiger partial charge in [0.05, 0.1) is 12.2 Å². The van der Waals surface area contributed by atoms with Crippen molar-refractivity contribution in [2.24, 2.45) is 5.92 Å². The van der Waals surface area contributed by atoms with Gasteiger partial charge in [-0.3, -0.25) is 0 Å². The minimum absolute atomic E-state index is 0.0511. The first-order valence-corrected chi connectivity index (χ1v) is 8.21. The zero-order chi connectivity index (χ0) is 16.0. The van der Waals surface area contributed by atoms with E-state index in [4.69, 9.17) is 16.3 Å². The minimum atomic E-state index is 0.0511. The van der Waals surface area contributed by atoms with Gasteiger partial charge in [0.15, 0.2) is 0 Å². The smallest absolute Gasteiger partial charge is 0.0953 e. The maximum atomic E-state index is 6.28. The number of hydrogen-bond donors (Lipinski definition) is 1. The van der Waals surface area contributed by atoms with E-state index in [1.54, 1.807) is 0 Å². The van der Waals surface area contributed by atoms with Crippen LogP contribution in [0.25, 0.3) is 0 Å². The Morgan fingerprint density at radius 2 is 1.67 bits per heavy atom. The van der Waals surface area contributed by atoms with Gasteiger partial charge in [0.2, 0.25) is 0 Å². The Kier molecular flexibility index (Phi) is 7.19. The molecule has 0 spiro atoms. The molecule has 21 heavy (non-hydrogen) atoms. The van der Waals surface area contributed by atoms with E-state index >= 15 is 0 Å². The number of halogens is 1. The molecule has 120 valence electrons. The normalized spacial score (nSPS) is 15.2. The van der Waals surface area contributed by atoms with Crippen LogP contribution in [0.3, 0.4) is 0 Å². The zero-order valence-corrected chi connectivity index (χ0v) is 15.0. The van der Waals surface area contributed by atoms with Gasteiger partial charge in [0.25, 0.3) is 0 Å². The molecule has 0 amide bonds. The molecule has 0 aliphatic rings. The molecule has 0 fully saturated rings. The lowest BCUT2D eigenvalue weighted by molar-refractivity contribution is -0.0152. The number of benzene rings is 1. The highest BCUT2D eigenvalue weighted by atomic mass is 35.5. The molecule has 0 saturated heterocycles. The molecule has 1 rings (SSSR count). The van der Waals surface area contributed by atoms with Crippen molar-refractivity contribution in [1.82, 2.24) is 5.32 Å². The van der Waals surface area contributed by atoms with E-state index in [9.17, 15) is 0 Å². The summed E-state index contributed by atoms with van der Waals surface area (Å²) in [7, 11) is 0. The van der Waals surface area contributed by atoms with Gasteiger partial charge in [-0.2, -0.15) is 0 Å². The van der Waals surface area contributed by atoms with E-state index in [-0.39, 0.29) is 17.7 Å². The van der Waals surface area contributed by atoms with E-state index in [2.05, 4.69) is 59.0 Å². The monoisotopic (exact) mass is 311 g/mol. The van der Waals surface area contributed by atoms with Crippen molar-refractivity contribution in [2.75, 3.05) is 6.54 Å². The van der Waals surface area contributed by atoms with Crippen LogP contribution in [-0.4, -0.2) is 18.2 Å². The highest BCUT2D eigenvalue weighted by Crippen LogP contribution is 2.23. The van der Waals surface area contributed by atoms with Crippen LogP contribution in [0.5, 0.6) is 0 Å². The summed E-state index contributed by atoms with van der Waals surface area (Å²) < 4.78 is 6.28. The first-order chi connectivity index (χ1) is 9.67. The summed E-state index contributed by atoms with van der Waals surface area (Å²) in [5.41, 5.74) is 1.25. The Balaban J connectivity index is 2.76. The van der Waals surface area contributed by atoms with Crippen molar-refractivity contribution in [2.45, 2.75) is 65.7 Å². The van der Waals surface area contributed by atoms with Crippen LogP contribution in [0.15, 0.2) is 24.3 Å². The van der Waals surface area contributed by atoms with Crippen molar-refractivity contribution >= 4 is 11.6 Å². The van der Waals surface area contributed by atoms with E-state index in [0.717, 1.165) is 18.0 Å². The topological polar surface area (TPSA) is 21.3 Å². The number of rotatable bonds is 7. The van der Waals surface area contributed by atoms with Gasteiger partial charge < -0.3 is 10.1 Å². The van der Waals surface area contributed by atoms with Crippen LogP contribution in [0.1, 0.15) is 59.6 Å². The third-order valence-electron chi connectivity index (χ3n) is 3.26. The van der Waals surface area contributed by atoms with Gasteiger partial charge in [0.1, 0.15) is 0 Å². The molecular weight excluding hydrogens is 282 g/mol. The van der Waals surface area contributed by atoms with Crippen molar-refractivity contribution < 1.29 is 4.74 Å². The second-order valence-corrected chi connectivity index (χ2v) is 7.68. The summed E-state index contributed by atoms with van der Waals surface area (Å²) in [6.07, 6.45) is 1.36. The van der Waals surface area contributed by atoms with Crippen LogP contribution < -0.4 is 5.32 Å². The van der Waals surface area contributed by atoms with E-state index in [0.29, 0.717) is 5.92 Å². The molecule has 2 atom stereocenters. The molecule has 2 unspecified atom stereocenters. The molecule has 0 heterocycles. The van der Waals surface area contributed by atoms with Gasteiger partial charge in [-0.05, 0) is 57.7 Å². The highest BCUT2D eigenvalue weighted by Gasteiger charge is 2.19. The number of hydrogen-bond acceptors (Lipinski definition) is 2. The van der Waals surface area contributed by atoms with E-state index in [1.807, 2.05) is 12.1 Å². The van der Waals surface area contributed by atoms with Crippen LogP contribution in [0.2, 0.25) is 5.02 Å². The zero-order valence-electron chi connectivity index (χ0n) is 14.2. The van der Waals surface area contributed by atoms with Gasteiger partial charge in [-0.15, -0.1) is 0 Å². The summed E-state index contributed by atoms with van der Waals surface area (Å²) in [4.78, 5) is 0. The fourth-order valence-electron chi connectivity index (χ4n) is 2.32. The third-order valence-corrected chi connectivity index (χ3v) is 3.51. The lowest BCUT2D eigenvalue weighted by Crippen LogP contribution is -2.39. The maximum absolute atomic E-state index is 6.28. The van der Waals surface area contributed by atoms with Crippen LogP contribution >= 0.6 is 11.6 Å². The SMILES string of the molecule is CC(C)CC(C)OC(CNC(C)(C)C)c1ccc(Cl)cc1. The quantitative estimate of drug-likeness (QED) is 0.745. The molecule has 0 aliphatic carbocycles. The molecule has 1 aromatic carbocycles. The standard InChI is InChI=1S/C18H30ClNO/c1-13(2)11-14(3)21-17(12-20-18(4,5)6)15-7-9-16(19)10-8-15/h7-10,13-14,17,20H,11-12H2,1-6H3. The van der Waals surface area contributed by atoms with Gasteiger partial charge in [-0.1, -0.05) is 37.6 Å². The Bertz CT molecular complexity index is 408. The highest BCUT2D eigenvalue weighted by molar-refractivity contribution is 6.30. The Hall–Kier alpha value is -0.570. The number of nitrogens with one attached hydrogen (secondary N) is 1. The van der Waals surface area contributed by atoms with Gasteiger partial charge in [-0.25, -0.2) is 0 Å². The first-order valence-electron chi connectivity index (χ1n) is 7.83. The van der Waals surface area contributed by atoms with E-state index in [1.165, 1.54) is 5.56 Å². The summed E-state index contributed by atoms with van der Waals surface area (Å²) in [6, 6.07) is 7.97. The minimum Gasteiger partial charge on any atom is -0.369 e. The average Bonchev–Trinajstić information content (AvgIpc) is 2.33. The molecular formula is C18H30ClNO. The van der Waals surface area contributed by atoms with Crippen molar-refractivity contribution in [3.05, 3.63) is 34.9 Å². The second-order valence-electron chi connectivity index (χ2n) is 7.25. The lowest BCUT2D eigenvalue weighted by Gasteiger charge is -2.28. The fourth-order valence-corrected chi connectivity index (χ4v) is 2.45. The molecule has 0 aromatic heterocycles. The molecule has 3 heteroatoms. The van der Waals surface area contributed by atoms with Crippen LogP contribution in [0, 0.1) is 5.92 Å². The fraction of sp³-hybridized carbons (Fsp3) is 0.667. The maximum Gasteiger partial charge on any atom is 0.0953 e. The molecule has 1 N–H and O–H groups in total. The Morgan fingerprint density at radius 3 is 2.14 bits per heavy atom. The summed E-state index contributed by atoms with van der Waals surface area (Å²) in [5.74, 6) is 0.640. The predicted molar refractivity (Wildman–Crippen MR) is 92.0 cm³/mol. The first kappa shape index (κ1) is 18.5. The summed E-state index contributed by atoms with van der Waals surface area (Å²) >= 11 is 5.98. The van der Waals surface area contributed by atoms with Gasteiger partial charge >= 0.3 is 0 Å².